The van der Waals surface area contributed by atoms with Gasteiger partial charge in [-0.05, 0) is 0 Å². The third kappa shape index (κ3) is 6.60. The number of nitrogens with one attached hydrogen (secondary N) is 2. The summed E-state index contributed by atoms with van der Waals surface area (Å²) >= 11 is 0. The summed E-state index contributed by atoms with van der Waals surface area (Å²) in [6.45, 7) is -0.828. The van der Waals surface area contributed by atoms with Crippen molar-refractivity contribution in [3.8, 4) is 0 Å². The highest BCUT2D eigenvalue weighted by Gasteiger charge is 2.28. The molecule has 0 aromatic carbocycles. The Labute approximate surface area is 112 Å². The molecule has 0 radical (unpaired) electrons. The second-order valence-corrected chi connectivity index (χ2v) is 3.43. The van der Waals surface area contributed by atoms with Gasteiger partial charge < -0.3 is 31.9 Å². The van der Waals surface area contributed by atoms with E-state index in [0.29, 0.717) is 0 Å². The van der Waals surface area contributed by atoms with Crippen molar-refractivity contribution in [3.63, 3.8) is 0 Å². The summed E-state index contributed by atoms with van der Waals surface area (Å²) in [5.41, 5.74) is 12.6. The van der Waals surface area contributed by atoms with Crippen LogP contribution in [-0.2, 0) is 0 Å². The maximum absolute atomic E-state index is 10.5. The van der Waals surface area contributed by atoms with Gasteiger partial charge in [0.15, 0.2) is 0 Å². The normalized spacial score (nSPS) is 16.5. The van der Waals surface area contributed by atoms with Gasteiger partial charge in [0, 0.05) is 0 Å². The quantitative estimate of drug-likeness (QED) is 0.171. The van der Waals surface area contributed by atoms with E-state index < -0.39 is 42.7 Å². The largest absolute Gasteiger partial charge is 0.394 e. The van der Waals surface area contributed by atoms with E-state index in [1.165, 1.54) is 0 Å². The number of aliphatic hydroxyl groups excluding tert-OH is 4. The predicted octanol–water partition coefficient (Wildman–Crippen LogP) is -4.26. The summed E-state index contributed by atoms with van der Waals surface area (Å²) in [7, 11) is 0. The highest BCUT2D eigenvalue weighted by Crippen LogP contribution is 2.01. The molecule has 0 unspecified atom stereocenters. The van der Waals surface area contributed by atoms with Crippen LogP contribution in [0.2, 0.25) is 0 Å². The van der Waals surface area contributed by atoms with Crippen LogP contribution >= 0.6 is 0 Å². The number of carbonyl (C=O) groups is 2. The summed E-state index contributed by atoms with van der Waals surface area (Å²) in [5.74, 6) is 0. The number of urea groups is 2. The number of nitrogens with two attached hydrogens (primary N) is 2. The van der Waals surface area contributed by atoms with E-state index in [-0.39, 0.29) is 0 Å². The molecule has 20 heavy (non-hydrogen) atoms. The smallest absolute Gasteiger partial charge is 0.332 e. The van der Waals surface area contributed by atoms with Gasteiger partial charge in [0.2, 0.25) is 0 Å². The highest BCUT2D eigenvalue weighted by atomic mass is 16.4. The number of amides is 4. The standard InChI is InChI=1S/C8H16N6O6/c9-7(19)13-11-1-3(12-14-8(10)20)5(17)6(18)4(16)2-15/h1,4-6,15-18H,2H2,(H3,9,13,19)(H3,10,14,20)/t4-,5+,6-/m1/s1. The summed E-state index contributed by atoms with van der Waals surface area (Å²) in [4.78, 5) is 20.9. The zero-order valence-corrected chi connectivity index (χ0v) is 10.2. The van der Waals surface area contributed by atoms with Crippen molar-refractivity contribution in [2.45, 2.75) is 18.3 Å². The monoisotopic (exact) mass is 292 g/mol. The fourth-order valence-corrected chi connectivity index (χ4v) is 0.946. The van der Waals surface area contributed by atoms with Crippen molar-refractivity contribution >= 4 is 24.0 Å². The second-order valence-electron chi connectivity index (χ2n) is 3.43. The van der Waals surface area contributed by atoms with Crippen molar-refractivity contribution in [1.29, 1.82) is 0 Å². The molecule has 0 spiro atoms. The predicted molar refractivity (Wildman–Crippen MR) is 66.5 cm³/mol. The number of nitrogens with zero attached hydrogens (tertiary/aromatic N) is 2. The lowest BCUT2D eigenvalue weighted by atomic mass is 10.0. The van der Waals surface area contributed by atoms with Crippen LogP contribution in [0.15, 0.2) is 10.2 Å². The molecule has 0 saturated heterocycles. The number of hydrazone groups is 2. The number of rotatable bonds is 7. The zero-order valence-electron chi connectivity index (χ0n) is 10.2. The second kappa shape index (κ2) is 8.76. The minimum absolute atomic E-state index is 0.461. The Hall–Kier alpha value is -2.28. The Morgan fingerprint density at radius 2 is 1.70 bits per heavy atom. The molecule has 0 aliphatic heterocycles. The molecule has 0 aliphatic carbocycles. The Morgan fingerprint density at radius 1 is 1.15 bits per heavy atom. The van der Waals surface area contributed by atoms with Gasteiger partial charge in [-0.2, -0.15) is 10.2 Å². The Bertz CT molecular complexity index is 399. The average molecular weight is 292 g/mol. The molecule has 0 fully saturated rings. The lowest BCUT2D eigenvalue weighted by Crippen LogP contribution is -2.45. The number of carbonyl (C=O) groups excluding carboxylic acids is 2. The molecule has 3 atom stereocenters. The van der Waals surface area contributed by atoms with Gasteiger partial charge in [0.05, 0.1) is 12.8 Å². The zero-order chi connectivity index (χ0) is 15.7. The van der Waals surface area contributed by atoms with Crippen LogP contribution in [0.5, 0.6) is 0 Å². The number of primary amides is 2. The first-order valence-corrected chi connectivity index (χ1v) is 5.16. The van der Waals surface area contributed by atoms with Crippen LogP contribution in [0.3, 0.4) is 0 Å². The summed E-state index contributed by atoms with van der Waals surface area (Å²) in [5, 5.41) is 43.5. The lowest BCUT2D eigenvalue weighted by molar-refractivity contribution is -0.0549. The molecule has 4 amide bonds. The molecule has 10 N–H and O–H groups in total. The third-order valence-electron chi connectivity index (χ3n) is 1.87. The van der Waals surface area contributed by atoms with Crippen molar-refractivity contribution in [2.24, 2.45) is 21.7 Å². The first-order chi connectivity index (χ1) is 9.29. The van der Waals surface area contributed by atoms with Crippen molar-refractivity contribution in [1.82, 2.24) is 10.9 Å². The molecule has 0 heterocycles. The van der Waals surface area contributed by atoms with E-state index in [2.05, 4.69) is 10.2 Å². The van der Waals surface area contributed by atoms with Gasteiger partial charge in [-0.1, -0.05) is 0 Å². The number of hydrogen-bond donors (Lipinski definition) is 8. The van der Waals surface area contributed by atoms with E-state index in [9.17, 15) is 24.9 Å². The molecule has 0 aromatic rings. The van der Waals surface area contributed by atoms with E-state index >= 15 is 0 Å². The molecule has 114 valence electrons. The molecule has 0 saturated carbocycles. The minimum atomic E-state index is -1.83. The van der Waals surface area contributed by atoms with Crippen LogP contribution in [0.25, 0.3) is 0 Å². The van der Waals surface area contributed by atoms with Crippen molar-refractivity contribution in [2.75, 3.05) is 6.61 Å². The van der Waals surface area contributed by atoms with Crippen LogP contribution in [0.1, 0.15) is 0 Å². The molecule has 0 aliphatic rings. The first kappa shape index (κ1) is 17.7. The topological polar surface area (TPSA) is 216 Å². The molecule has 0 aromatic heterocycles. The summed E-state index contributed by atoms with van der Waals surface area (Å²) in [6.07, 6.45) is -4.57. The van der Waals surface area contributed by atoms with E-state index in [0.717, 1.165) is 6.21 Å². The summed E-state index contributed by atoms with van der Waals surface area (Å²) < 4.78 is 0. The van der Waals surface area contributed by atoms with E-state index in [4.69, 9.17) is 16.6 Å². The van der Waals surface area contributed by atoms with Gasteiger partial charge >= 0.3 is 12.1 Å². The highest BCUT2D eigenvalue weighted by molar-refractivity contribution is 6.32. The van der Waals surface area contributed by atoms with E-state index in [1.807, 2.05) is 0 Å². The molecular formula is C8H16N6O6. The Balaban J connectivity index is 5.00. The first-order valence-electron chi connectivity index (χ1n) is 5.16. The average Bonchev–Trinajstić information content (AvgIpc) is 2.39. The van der Waals surface area contributed by atoms with E-state index in [1.54, 1.807) is 10.9 Å². The number of aliphatic hydroxyl groups is 4. The van der Waals surface area contributed by atoms with Crippen LogP contribution < -0.4 is 22.3 Å². The van der Waals surface area contributed by atoms with Crippen molar-refractivity contribution < 1.29 is 30.0 Å². The van der Waals surface area contributed by atoms with Gasteiger partial charge in [0.1, 0.15) is 24.0 Å². The molecule has 12 heteroatoms. The maximum Gasteiger partial charge on any atom is 0.332 e. The van der Waals surface area contributed by atoms with Gasteiger partial charge in [-0.15, -0.1) is 0 Å². The minimum Gasteiger partial charge on any atom is -0.394 e. The Morgan fingerprint density at radius 3 is 2.15 bits per heavy atom. The fraction of sp³-hybridized carbons (Fsp3) is 0.500. The van der Waals surface area contributed by atoms with Gasteiger partial charge in [-0.25, -0.2) is 20.4 Å². The van der Waals surface area contributed by atoms with Gasteiger partial charge in [-0.3, -0.25) is 0 Å². The molecule has 0 bridgehead atoms. The maximum atomic E-state index is 10.5. The van der Waals surface area contributed by atoms with Crippen molar-refractivity contribution in [3.05, 3.63) is 0 Å². The fourth-order valence-electron chi connectivity index (χ4n) is 0.946. The molecular weight excluding hydrogens is 276 g/mol. The lowest BCUT2D eigenvalue weighted by Gasteiger charge is -2.21. The third-order valence-corrected chi connectivity index (χ3v) is 1.87. The van der Waals surface area contributed by atoms with Crippen LogP contribution in [0.4, 0.5) is 9.59 Å². The summed E-state index contributed by atoms with van der Waals surface area (Å²) in [6, 6.07) is -2.07. The van der Waals surface area contributed by atoms with Crippen LogP contribution in [0, 0.1) is 0 Å². The van der Waals surface area contributed by atoms with Crippen LogP contribution in [-0.4, -0.2) is 69.3 Å². The molecule has 0 rings (SSSR count). The Kier molecular flexibility index (Phi) is 7.76. The number of hydrogen-bond acceptors (Lipinski definition) is 8. The SMILES string of the molecule is NC(=O)NN=CC(=NNC(N)=O)[C@H](O)[C@H](O)[C@H](O)CO. The van der Waals surface area contributed by atoms with Gasteiger partial charge in [0.25, 0.3) is 0 Å². The molecule has 12 nitrogen and oxygen atoms in total.